The molecule has 0 heterocycles. The molecule has 0 bridgehead atoms. The molecule has 3 nitrogen and oxygen atoms in total. The van der Waals surface area contributed by atoms with Crippen LogP contribution in [0.2, 0.25) is 0 Å². The van der Waals surface area contributed by atoms with E-state index in [1.165, 1.54) is 18.9 Å². The second kappa shape index (κ2) is 5.44. The van der Waals surface area contributed by atoms with Crippen molar-refractivity contribution in [2.45, 2.75) is 78.2 Å². The van der Waals surface area contributed by atoms with Crippen LogP contribution in [0.5, 0.6) is 0 Å². The van der Waals surface area contributed by atoms with Gasteiger partial charge in [0.2, 0.25) is 0 Å². The molecule has 3 saturated carbocycles. The van der Waals surface area contributed by atoms with Crippen LogP contribution in [-0.2, 0) is 14.3 Å². The monoisotopic (exact) mass is 330 g/mol. The Morgan fingerprint density at radius 1 is 1.12 bits per heavy atom. The maximum Gasteiger partial charge on any atom is 0.302 e. The van der Waals surface area contributed by atoms with Gasteiger partial charge in [0, 0.05) is 25.2 Å². The van der Waals surface area contributed by atoms with Gasteiger partial charge in [-0.25, -0.2) is 0 Å². The maximum atomic E-state index is 12.4. The van der Waals surface area contributed by atoms with Gasteiger partial charge in [-0.2, -0.15) is 0 Å². The van der Waals surface area contributed by atoms with Crippen molar-refractivity contribution in [3.63, 3.8) is 0 Å². The first-order chi connectivity index (χ1) is 11.3. The van der Waals surface area contributed by atoms with Crippen LogP contribution < -0.4 is 0 Å². The zero-order valence-corrected chi connectivity index (χ0v) is 15.3. The Morgan fingerprint density at radius 3 is 2.58 bits per heavy atom. The SMILES string of the molecule is CC(=O)O[C@H]1CC[C@@]2(C)C(=CC[C@H]3[C@H]4CCC(=O)[C@@]4(C)CC[C@@H]32)C1. The van der Waals surface area contributed by atoms with Gasteiger partial charge in [0.05, 0.1) is 0 Å². The lowest BCUT2D eigenvalue weighted by molar-refractivity contribution is -0.148. The molecule has 0 aromatic heterocycles. The number of ketones is 1. The molecular formula is C21H30O3. The van der Waals surface area contributed by atoms with Crippen LogP contribution in [0.4, 0.5) is 0 Å². The molecule has 0 amide bonds. The highest BCUT2D eigenvalue weighted by atomic mass is 16.5. The Morgan fingerprint density at radius 2 is 1.83 bits per heavy atom. The summed E-state index contributed by atoms with van der Waals surface area (Å²) in [5.74, 6) is 2.33. The van der Waals surface area contributed by atoms with E-state index in [-0.39, 0.29) is 22.9 Å². The zero-order chi connectivity index (χ0) is 17.1. The van der Waals surface area contributed by atoms with E-state index in [9.17, 15) is 9.59 Å². The smallest absolute Gasteiger partial charge is 0.302 e. The largest absolute Gasteiger partial charge is 0.462 e. The van der Waals surface area contributed by atoms with Gasteiger partial charge >= 0.3 is 5.97 Å². The van der Waals surface area contributed by atoms with E-state index in [1.54, 1.807) is 0 Å². The highest BCUT2D eigenvalue weighted by Gasteiger charge is 2.58. The Balaban J connectivity index is 1.60. The highest BCUT2D eigenvalue weighted by Crippen LogP contribution is 2.64. The lowest BCUT2D eigenvalue weighted by Gasteiger charge is -2.56. The van der Waals surface area contributed by atoms with Gasteiger partial charge in [-0.05, 0) is 61.7 Å². The van der Waals surface area contributed by atoms with Crippen LogP contribution in [0.3, 0.4) is 0 Å². The van der Waals surface area contributed by atoms with Gasteiger partial charge in [0.1, 0.15) is 11.9 Å². The van der Waals surface area contributed by atoms with Gasteiger partial charge in [0.25, 0.3) is 0 Å². The predicted molar refractivity (Wildman–Crippen MR) is 92.3 cm³/mol. The molecule has 4 aliphatic rings. The molecule has 24 heavy (non-hydrogen) atoms. The number of hydrogen-bond donors (Lipinski definition) is 0. The van der Waals surface area contributed by atoms with Crippen molar-refractivity contribution in [2.24, 2.45) is 28.6 Å². The number of hydrogen-bond acceptors (Lipinski definition) is 3. The average Bonchev–Trinajstić information content (AvgIpc) is 2.83. The van der Waals surface area contributed by atoms with Crippen molar-refractivity contribution < 1.29 is 14.3 Å². The van der Waals surface area contributed by atoms with Gasteiger partial charge in [0.15, 0.2) is 0 Å². The first-order valence-corrected chi connectivity index (χ1v) is 9.74. The number of carbonyl (C=O) groups excluding carboxylic acids is 2. The van der Waals surface area contributed by atoms with Crippen molar-refractivity contribution in [2.75, 3.05) is 0 Å². The average molecular weight is 330 g/mol. The minimum Gasteiger partial charge on any atom is -0.462 e. The molecule has 0 radical (unpaired) electrons. The number of fused-ring (bicyclic) bond motifs is 5. The molecule has 0 N–H and O–H groups in total. The fourth-order valence-corrected chi connectivity index (χ4v) is 6.73. The third-order valence-corrected chi connectivity index (χ3v) is 8.10. The highest BCUT2D eigenvalue weighted by molar-refractivity contribution is 5.87. The van der Waals surface area contributed by atoms with E-state index in [0.29, 0.717) is 23.5 Å². The fourth-order valence-electron chi connectivity index (χ4n) is 6.73. The van der Waals surface area contributed by atoms with Crippen LogP contribution in [-0.4, -0.2) is 17.9 Å². The summed E-state index contributed by atoms with van der Waals surface area (Å²) in [5.41, 5.74) is 1.74. The minimum absolute atomic E-state index is 0.0438. The molecule has 6 atom stereocenters. The van der Waals surface area contributed by atoms with E-state index in [4.69, 9.17) is 4.74 Å². The van der Waals surface area contributed by atoms with E-state index in [1.807, 2.05) is 0 Å². The van der Waals surface area contributed by atoms with Gasteiger partial charge in [-0.3, -0.25) is 9.59 Å². The van der Waals surface area contributed by atoms with Crippen molar-refractivity contribution in [1.82, 2.24) is 0 Å². The summed E-state index contributed by atoms with van der Waals surface area (Å²) in [6.07, 6.45) is 10.8. The lowest BCUT2D eigenvalue weighted by Crippen LogP contribution is -2.50. The third kappa shape index (κ3) is 2.23. The van der Waals surface area contributed by atoms with Crippen molar-refractivity contribution in [1.29, 1.82) is 0 Å². The molecule has 0 aliphatic heterocycles. The zero-order valence-electron chi connectivity index (χ0n) is 15.3. The number of rotatable bonds is 1. The first kappa shape index (κ1) is 16.4. The van der Waals surface area contributed by atoms with Crippen molar-refractivity contribution in [3.8, 4) is 0 Å². The minimum atomic E-state index is -0.157. The quantitative estimate of drug-likeness (QED) is 0.527. The van der Waals surface area contributed by atoms with E-state index in [2.05, 4.69) is 19.9 Å². The Hall–Kier alpha value is -1.12. The van der Waals surface area contributed by atoms with Crippen LogP contribution in [0.15, 0.2) is 11.6 Å². The topological polar surface area (TPSA) is 43.4 Å². The Kier molecular flexibility index (Phi) is 3.71. The normalized spacial score (nSPS) is 47.3. The second-order valence-electron chi connectivity index (χ2n) is 9.15. The Labute approximate surface area is 145 Å². The summed E-state index contributed by atoms with van der Waals surface area (Å²) in [5, 5.41) is 0. The van der Waals surface area contributed by atoms with E-state index >= 15 is 0 Å². The standard InChI is InChI=1S/C21H30O3/c1-13(22)24-15-8-10-20(2)14(12-15)4-5-16-17-6-7-19(23)21(17,3)11-9-18(16)20/h4,15-18H,5-12H2,1-3H3/t15-,16-,17+,18-,20-,21-/m0/s1. The number of carbonyl (C=O) groups is 2. The number of allylic oxidation sites excluding steroid dienone is 1. The number of Topliss-reactive ketones (excluding diaryl/α,β-unsaturated/α-hetero) is 1. The molecular weight excluding hydrogens is 300 g/mol. The van der Waals surface area contributed by atoms with E-state index in [0.717, 1.165) is 44.9 Å². The van der Waals surface area contributed by atoms with Crippen molar-refractivity contribution >= 4 is 11.8 Å². The van der Waals surface area contributed by atoms with Crippen molar-refractivity contribution in [3.05, 3.63) is 11.6 Å². The molecule has 0 aromatic carbocycles. The molecule has 132 valence electrons. The number of esters is 1. The third-order valence-electron chi connectivity index (χ3n) is 8.10. The summed E-state index contributed by atoms with van der Waals surface area (Å²) in [6, 6.07) is 0. The fraction of sp³-hybridized carbons (Fsp3) is 0.810. The van der Waals surface area contributed by atoms with Crippen LogP contribution in [0.25, 0.3) is 0 Å². The molecule has 4 rings (SSSR count). The summed E-state index contributed by atoms with van der Waals surface area (Å²) < 4.78 is 5.50. The summed E-state index contributed by atoms with van der Waals surface area (Å²) >= 11 is 0. The summed E-state index contributed by atoms with van der Waals surface area (Å²) in [4.78, 5) is 23.7. The first-order valence-electron chi connectivity index (χ1n) is 9.74. The predicted octanol–water partition coefficient (Wildman–Crippen LogP) is 4.45. The van der Waals surface area contributed by atoms with Crippen LogP contribution in [0, 0.1) is 28.6 Å². The molecule has 3 fully saturated rings. The maximum absolute atomic E-state index is 12.4. The lowest BCUT2D eigenvalue weighted by atomic mass is 9.48. The van der Waals surface area contributed by atoms with Crippen LogP contribution in [0.1, 0.15) is 72.1 Å². The second-order valence-corrected chi connectivity index (χ2v) is 9.15. The molecule has 0 spiro atoms. The van der Waals surface area contributed by atoms with Crippen LogP contribution >= 0.6 is 0 Å². The molecule has 0 saturated heterocycles. The van der Waals surface area contributed by atoms with Gasteiger partial charge in [-0.15, -0.1) is 0 Å². The summed E-state index contributed by atoms with van der Waals surface area (Å²) in [7, 11) is 0. The van der Waals surface area contributed by atoms with Gasteiger partial charge < -0.3 is 4.74 Å². The number of ether oxygens (including phenoxy) is 1. The van der Waals surface area contributed by atoms with Gasteiger partial charge in [-0.1, -0.05) is 25.5 Å². The Bertz CT molecular complexity index is 606. The van der Waals surface area contributed by atoms with E-state index < -0.39 is 0 Å². The molecule has 3 heteroatoms. The summed E-state index contributed by atoms with van der Waals surface area (Å²) in [6.45, 7) is 6.19. The molecule has 0 aromatic rings. The molecule has 4 aliphatic carbocycles. The molecule has 0 unspecified atom stereocenters.